The van der Waals surface area contributed by atoms with Crippen LogP contribution in [-0.4, -0.2) is 56.4 Å². The summed E-state index contributed by atoms with van der Waals surface area (Å²) in [5.41, 5.74) is 0.0699. The molecule has 1 aromatic carbocycles. The van der Waals surface area contributed by atoms with Gasteiger partial charge >= 0.3 is 0 Å². The lowest BCUT2D eigenvalue weighted by atomic mass is 9.98. The van der Waals surface area contributed by atoms with Crippen LogP contribution in [0.5, 0.6) is 0 Å². The summed E-state index contributed by atoms with van der Waals surface area (Å²) >= 11 is 0. The van der Waals surface area contributed by atoms with Crippen LogP contribution in [0.25, 0.3) is 11.3 Å². The minimum atomic E-state index is -1.57. The van der Waals surface area contributed by atoms with E-state index in [9.17, 15) is 23.4 Å². The van der Waals surface area contributed by atoms with E-state index >= 15 is 0 Å². The zero-order chi connectivity index (χ0) is 17.0. The third kappa shape index (κ3) is 2.30. The van der Waals surface area contributed by atoms with E-state index in [0.29, 0.717) is 0 Å². The molecule has 5 atom stereocenters. The Hall–Kier alpha value is -2.01. The van der Waals surface area contributed by atoms with E-state index in [-0.39, 0.29) is 17.9 Å². The monoisotopic (exact) mass is 343 g/mol. The van der Waals surface area contributed by atoms with Gasteiger partial charge in [-0.25, -0.2) is 17.9 Å². The third-order valence-corrected chi connectivity index (χ3v) is 4.19. The molecular formula is C14H12F3N3O4. The van der Waals surface area contributed by atoms with Crippen molar-refractivity contribution in [2.45, 2.75) is 30.6 Å². The fraction of sp³-hybridized carbons (Fsp3) is 0.429. The average molecular weight is 343 g/mol. The van der Waals surface area contributed by atoms with Crippen molar-refractivity contribution < 1.29 is 32.9 Å². The second-order valence-electron chi connectivity index (χ2n) is 5.69. The number of ether oxygens (including phenoxy) is 2. The molecule has 2 saturated heterocycles. The summed E-state index contributed by atoms with van der Waals surface area (Å²) < 4.78 is 51.6. The number of fused-ring (bicyclic) bond motifs is 2. The van der Waals surface area contributed by atoms with Crippen molar-refractivity contribution >= 4 is 0 Å². The summed E-state index contributed by atoms with van der Waals surface area (Å²) in [6, 6.07) is 0.809. The maximum atomic E-state index is 13.3. The molecule has 0 saturated carbocycles. The number of aliphatic hydroxyl groups is 2. The number of hydrogen-bond acceptors (Lipinski definition) is 6. The van der Waals surface area contributed by atoms with Gasteiger partial charge in [0.05, 0.1) is 12.8 Å². The van der Waals surface area contributed by atoms with Crippen molar-refractivity contribution in [3.05, 3.63) is 35.8 Å². The van der Waals surface area contributed by atoms with Gasteiger partial charge in [0.2, 0.25) is 0 Å². The first-order chi connectivity index (χ1) is 11.5. The lowest BCUT2D eigenvalue weighted by Gasteiger charge is -2.35. The molecule has 128 valence electrons. The molecule has 3 unspecified atom stereocenters. The summed E-state index contributed by atoms with van der Waals surface area (Å²) in [6.07, 6.45) is -2.60. The Balaban J connectivity index is 1.68. The molecule has 3 heterocycles. The average Bonchev–Trinajstić information content (AvgIpc) is 3.19. The van der Waals surface area contributed by atoms with Gasteiger partial charge in [0.1, 0.15) is 30.0 Å². The predicted molar refractivity (Wildman–Crippen MR) is 71.0 cm³/mol. The molecule has 2 bridgehead atoms. The molecule has 0 aliphatic carbocycles. The summed E-state index contributed by atoms with van der Waals surface area (Å²) in [5, 5.41) is 27.7. The Bertz CT molecular complexity index is 763. The minimum Gasteiger partial charge on any atom is -0.388 e. The van der Waals surface area contributed by atoms with Crippen molar-refractivity contribution in [1.82, 2.24) is 15.0 Å². The largest absolute Gasteiger partial charge is 0.388 e. The van der Waals surface area contributed by atoms with Gasteiger partial charge in [0.15, 0.2) is 23.7 Å². The van der Waals surface area contributed by atoms with Crippen LogP contribution in [0.4, 0.5) is 13.2 Å². The molecule has 10 heteroatoms. The second kappa shape index (κ2) is 5.52. The fourth-order valence-corrected chi connectivity index (χ4v) is 2.97. The van der Waals surface area contributed by atoms with Gasteiger partial charge in [-0.3, -0.25) is 0 Å². The molecule has 0 radical (unpaired) electrons. The lowest BCUT2D eigenvalue weighted by Crippen LogP contribution is -2.51. The number of aliphatic hydroxyl groups excluding tert-OH is 2. The maximum absolute atomic E-state index is 13.3. The van der Waals surface area contributed by atoms with Gasteiger partial charge in [0.25, 0.3) is 0 Å². The number of rotatable bonds is 2. The summed E-state index contributed by atoms with van der Waals surface area (Å²) in [5.74, 6) is -4.26. The lowest BCUT2D eigenvalue weighted by molar-refractivity contribution is -0.210. The molecule has 7 nitrogen and oxygen atoms in total. The molecule has 2 N–H and O–H groups in total. The molecule has 2 aliphatic rings. The Morgan fingerprint density at radius 2 is 1.83 bits per heavy atom. The van der Waals surface area contributed by atoms with Crippen molar-refractivity contribution in [3.63, 3.8) is 0 Å². The zero-order valence-corrected chi connectivity index (χ0v) is 12.0. The maximum Gasteiger partial charge on any atom is 0.194 e. The molecular weight excluding hydrogens is 331 g/mol. The van der Waals surface area contributed by atoms with Crippen LogP contribution in [0.15, 0.2) is 18.3 Å². The fourth-order valence-electron chi connectivity index (χ4n) is 2.97. The Labute approximate surface area is 133 Å². The first-order valence-electron chi connectivity index (χ1n) is 7.15. The predicted octanol–water partition coefficient (Wildman–Crippen LogP) is 0.380. The van der Waals surface area contributed by atoms with E-state index in [1.165, 1.54) is 10.9 Å². The van der Waals surface area contributed by atoms with Crippen LogP contribution in [0.1, 0.15) is 6.04 Å². The van der Waals surface area contributed by atoms with E-state index < -0.39 is 48.1 Å². The van der Waals surface area contributed by atoms with Gasteiger partial charge in [0, 0.05) is 5.56 Å². The van der Waals surface area contributed by atoms with E-state index in [0.717, 1.165) is 12.1 Å². The minimum absolute atomic E-state index is 0.00929. The molecule has 24 heavy (non-hydrogen) atoms. The first-order valence-corrected chi connectivity index (χ1v) is 7.15. The Kier molecular flexibility index (Phi) is 3.57. The SMILES string of the molecule is OC1C(O)[C@H](n2cc(-c3cc(F)c(F)c(F)c3)nn2)C2CO[C@@H]1O2. The quantitative estimate of drug-likeness (QED) is 0.767. The van der Waals surface area contributed by atoms with Crippen LogP contribution >= 0.6 is 0 Å². The third-order valence-electron chi connectivity index (χ3n) is 4.19. The number of halogens is 3. The smallest absolute Gasteiger partial charge is 0.194 e. The summed E-state index contributed by atoms with van der Waals surface area (Å²) in [4.78, 5) is 0. The molecule has 0 spiro atoms. The van der Waals surface area contributed by atoms with E-state index in [1.54, 1.807) is 0 Å². The number of hydrogen-bond donors (Lipinski definition) is 2. The Morgan fingerprint density at radius 3 is 2.54 bits per heavy atom. The second-order valence-corrected chi connectivity index (χ2v) is 5.69. The summed E-state index contributed by atoms with van der Waals surface area (Å²) in [6.45, 7) is 0.151. The molecule has 1 aromatic heterocycles. The topological polar surface area (TPSA) is 89.6 Å². The number of aromatic nitrogens is 3. The molecule has 2 fully saturated rings. The Morgan fingerprint density at radius 1 is 1.12 bits per heavy atom. The van der Waals surface area contributed by atoms with Crippen molar-refractivity contribution in [2.24, 2.45) is 0 Å². The highest BCUT2D eigenvalue weighted by Crippen LogP contribution is 2.35. The van der Waals surface area contributed by atoms with Crippen molar-refractivity contribution in [3.8, 4) is 11.3 Å². The zero-order valence-electron chi connectivity index (χ0n) is 12.0. The van der Waals surface area contributed by atoms with Crippen LogP contribution in [0.2, 0.25) is 0 Å². The van der Waals surface area contributed by atoms with Gasteiger partial charge in [-0.15, -0.1) is 5.10 Å². The molecule has 2 aromatic rings. The molecule has 0 amide bonds. The summed E-state index contributed by atoms with van der Waals surface area (Å²) in [7, 11) is 0. The van der Waals surface area contributed by atoms with Gasteiger partial charge in [-0.2, -0.15) is 0 Å². The van der Waals surface area contributed by atoms with Crippen molar-refractivity contribution in [1.29, 1.82) is 0 Å². The highest BCUT2D eigenvalue weighted by Gasteiger charge is 2.50. The van der Waals surface area contributed by atoms with E-state index in [4.69, 9.17) is 9.47 Å². The highest BCUT2D eigenvalue weighted by molar-refractivity contribution is 5.57. The van der Waals surface area contributed by atoms with Crippen LogP contribution in [-0.2, 0) is 9.47 Å². The van der Waals surface area contributed by atoms with Crippen molar-refractivity contribution in [2.75, 3.05) is 6.61 Å². The molecule has 4 rings (SSSR count). The van der Waals surface area contributed by atoms with Crippen LogP contribution in [0, 0.1) is 17.5 Å². The van der Waals surface area contributed by atoms with Crippen LogP contribution < -0.4 is 0 Å². The first kappa shape index (κ1) is 15.5. The molecule has 2 aliphatic heterocycles. The van der Waals surface area contributed by atoms with Gasteiger partial charge in [-0.05, 0) is 12.1 Å². The van der Waals surface area contributed by atoms with E-state index in [1.807, 2.05) is 0 Å². The van der Waals surface area contributed by atoms with Gasteiger partial charge < -0.3 is 19.7 Å². The highest BCUT2D eigenvalue weighted by atomic mass is 19.2. The van der Waals surface area contributed by atoms with Gasteiger partial charge in [-0.1, -0.05) is 5.21 Å². The number of nitrogens with zero attached hydrogens (tertiary/aromatic N) is 3. The standard InChI is InChI=1S/C14H12F3N3O4/c15-6-1-5(2-7(16)10(6)17)8-3-20(19-18-8)11-9-4-23-14(24-9)13(22)12(11)21/h1-3,9,11-14,21-22H,4H2/t9?,11-,12?,13?,14-/m1/s1. The van der Waals surface area contributed by atoms with Crippen LogP contribution in [0.3, 0.4) is 0 Å². The normalized spacial score (nSPS) is 32.3. The number of benzene rings is 1. The van der Waals surface area contributed by atoms with E-state index in [2.05, 4.69) is 10.3 Å².